The number of Topliss-reactive ketones (excluding diaryl/α,β-unsaturated/α-hetero) is 1. The van der Waals surface area contributed by atoms with Gasteiger partial charge in [0.2, 0.25) is 0 Å². The molecule has 0 atom stereocenters. The Kier molecular flexibility index (Phi) is 2.04. The van der Waals surface area contributed by atoms with Gasteiger partial charge in [-0.15, -0.1) is 0 Å². The number of carbonyl (C=O) groups is 1. The maximum atomic E-state index is 11.6. The zero-order chi connectivity index (χ0) is 9.35. The van der Waals surface area contributed by atoms with Crippen molar-refractivity contribution in [3.05, 3.63) is 17.5 Å². The molecule has 0 aliphatic heterocycles. The lowest BCUT2D eigenvalue weighted by molar-refractivity contribution is 0.0857. The molecule has 0 aliphatic rings. The summed E-state index contributed by atoms with van der Waals surface area (Å²) in [6.45, 7) is 7.40. The zero-order valence-electron chi connectivity index (χ0n) is 7.84. The van der Waals surface area contributed by atoms with Crippen LogP contribution in [0, 0.1) is 12.3 Å². The molecule has 66 valence electrons. The Hall–Kier alpha value is -1.12. The Labute approximate surface area is 71.7 Å². The molecule has 0 aliphatic carbocycles. The van der Waals surface area contributed by atoms with Crippen LogP contribution in [0.5, 0.6) is 0 Å². The average Bonchev–Trinajstić information content (AvgIpc) is 2.31. The Balaban J connectivity index is 3.01. The van der Waals surface area contributed by atoms with Crippen LogP contribution < -0.4 is 0 Å². The normalized spacial score (nSPS) is 11.7. The summed E-state index contributed by atoms with van der Waals surface area (Å²) in [6.07, 6.45) is 1.41. The van der Waals surface area contributed by atoms with Crippen molar-refractivity contribution in [1.82, 2.24) is 5.16 Å². The average molecular weight is 167 g/mol. The molecule has 0 aromatic carbocycles. The fourth-order valence-corrected chi connectivity index (χ4v) is 0.914. The van der Waals surface area contributed by atoms with Crippen molar-refractivity contribution in [1.29, 1.82) is 0 Å². The van der Waals surface area contributed by atoms with E-state index in [0.717, 1.165) is 0 Å². The van der Waals surface area contributed by atoms with Crippen molar-refractivity contribution in [3.63, 3.8) is 0 Å². The number of aromatic nitrogens is 1. The molecule has 0 spiro atoms. The summed E-state index contributed by atoms with van der Waals surface area (Å²) >= 11 is 0. The topological polar surface area (TPSA) is 43.1 Å². The second-order valence-corrected chi connectivity index (χ2v) is 3.89. The predicted molar refractivity (Wildman–Crippen MR) is 45.0 cm³/mol. The van der Waals surface area contributed by atoms with Gasteiger partial charge in [0.1, 0.15) is 6.26 Å². The number of carbonyl (C=O) groups excluding carboxylic acids is 1. The van der Waals surface area contributed by atoms with Crippen molar-refractivity contribution in [3.8, 4) is 0 Å². The largest absolute Gasteiger partial charge is 0.364 e. The van der Waals surface area contributed by atoms with Gasteiger partial charge in [-0.1, -0.05) is 25.9 Å². The van der Waals surface area contributed by atoms with E-state index in [1.165, 1.54) is 6.26 Å². The lowest BCUT2D eigenvalue weighted by Gasteiger charge is -2.14. The second-order valence-electron chi connectivity index (χ2n) is 3.89. The molecule has 1 aromatic heterocycles. The second kappa shape index (κ2) is 2.73. The summed E-state index contributed by atoms with van der Waals surface area (Å²) in [5, 5.41) is 3.66. The van der Waals surface area contributed by atoms with Gasteiger partial charge in [-0.25, -0.2) is 0 Å². The van der Waals surface area contributed by atoms with Gasteiger partial charge in [0, 0.05) is 5.41 Å². The smallest absolute Gasteiger partial charge is 0.173 e. The van der Waals surface area contributed by atoms with E-state index in [2.05, 4.69) is 5.16 Å². The van der Waals surface area contributed by atoms with Crippen molar-refractivity contribution in [2.24, 2.45) is 5.41 Å². The van der Waals surface area contributed by atoms with Crippen LogP contribution in [0.3, 0.4) is 0 Å². The van der Waals surface area contributed by atoms with Gasteiger partial charge in [-0.05, 0) is 6.92 Å². The molecule has 1 heterocycles. The highest BCUT2D eigenvalue weighted by Gasteiger charge is 2.25. The van der Waals surface area contributed by atoms with Gasteiger partial charge < -0.3 is 4.52 Å². The molecule has 0 radical (unpaired) electrons. The van der Waals surface area contributed by atoms with Gasteiger partial charge in [0.15, 0.2) is 5.78 Å². The van der Waals surface area contributed by atoms with Crippen LogP contribution in [0.4, 0.5) is 0 Å². The maximum Gasteiger partial charge on any atom is 0.173 e. The monoisotopic (exact) mass is 167 g/mol. The number of rotatable bonds is 1. The third-order valence-electron chi connectivity index (χ3n) is 1.68. The Morgan fingerprint density at radius 1 is 1.50 bits per heavy atom. The highest BCUT2D eigenvalue weighted by molar-refractivity contribution is 6.00. The summed E-state index contributed by atoms with van der Waals surface area (Å²) in [6, 6.07) is 0. The molecular formula is C9H13NO2. The van der Waals surface area contributed by atoms with E-state index in [4.69, 9.17) is 4.52 Å². The maximum absolute atomic E-state index is 11.6. The molecule has 0 unspecified atom stereocenters. The molecule has 1 aromatic rings. The van der Waals surface area contributed by atoms with Crippen molar-refractivity contribution < 1.29 is 9.32 Å². The van der Waals surface area contributed by atoms with Crippen LogP contribution in [0.25, 0.3) is 0 Å². The first-order valence-electron chi connectivity index (χ1n) is 3.88. The van der Waals surface area contributed by atoms with Gasteiger partial charge in [0.25, 0.3) is 0 Å². The van der Waals surface area contributed by atoms with Crippen molar-refractivity contribution in [2.45, 2.75) is 27.7 Å². The summed E-state index contributed by atoms with van der Waals surface area (Å²) in [7, 11) is 0. The predicted octanol–water partition coefficient (Wildman–Crippen LogP) is 2.21. The molecular weight excluding hydrogens is 154 g/mol. The number of hydrogen-bond acceptors (Lipinski definition) is 3. The van der Waals surface area contributed by atoms with Gasteiger partial charge in [-0.2, -0.15) is 0 Å². The third kappa shape index (κ3) is 1.55. The number of hydrogen-bond donors (Lipinski definition) is 0. The SMILES string of the molecule is Cc1nocc1C(=O)C(C)(C)C. The standard InChI is InChI=1S/C9H13NO2/c1-6-7(5-12-10-6)8(11)9(2,3)4/h5H,1-4H3. The van der Waals surface area contributed by atoms with E-state index in [1.807, 2.05) is 20.8 Å². The Morgan fingerprint density at radius 2 is 2.08 bits per heavy atom. The van der Waals surface area contributed by atoms with Gasteiger partial charge in [-0.3, -0.25) is 4.79 Å². The van der Waals surface area contributed by atoms with Crippen LogP contribution >= 0.6 is 0 Å². The minimum atomic E-state index is -0.365. The molecule has 12 heavy (non-hydrogen) atoms. The van der Waals surface area contributed by atoms with Crippen LogP contribution in [0.15, 0.2) is 10.8 Å². The molecule has 3 heteroatoms. The summed E-state index contributed by atoms with van der Waals surface area (Å²) in [5.41, 5.74) is 0.883. The number of aryl methyl sites for hydroxylation is 1. The van der Waals surface area contributed by atoms with E-state index in [-0.39, 0.29) is 11.2 Å². The van der Waals surface area contributed by atoms with E-state index in [1.54, 1.807) is 6.92 Å². The summed E-state index contributed by atoms with van der Waals surface area (Å²) in [4.78, 5) is 11.6. The number of ketones is 1. The van der Waals surface area contributed by atoms with Crippen LogP contribution in [-0.2, 0) is 0 Å². The van der Waals surface area contributed by atoms with E-state index in [9.17, 15) is 4.79 Å². The van der Waals surface area contributed by atoms with Crippen LogP contribution in [-0.4, -0.2) is 10.9 Å². The fourth-order valence-electron chi connectivity index (χ4n) is 0.914. The van der Waals surface area contributed by atoms with Crippen LogP contribution in [0.2, 0.25) is 0 Å². The van der Waals surface area contributed by atoms with E-state index >= 15 is 0 Å². The molecule has 0 amide bonds. The first-order chi connectivity index (χ1) is 5.43. The summed E-state index contributed by atoms with van der Waals surface area (Å²) < 4.78 is 4.69. The van der Waals surface area contributed by atoms with Crippen LogP contribution in [0.1, 0.15) is 36.8 Å². The van der Waals surface area contributed by atoms with Gasteiger partial charge in [0.05, 0.1) is 11.3 Å². The van der Waals surface area contributed by atoms with Crippen molar-refractivity contribution in [2.75, 3.05) is 0 Å². The molecule has 0 bridgehead atoms. The lowest BCUT2D eigenvalue weighted by atomic mass is 9.87. The highest BCUT2D eigenvalue weighted by Crippen LogP contribution is 2.21. The first-order valence-corrected chi connectivity index (χ1v) is 3.88. The molecule has 1 rings (SSSR count). The molecule has 0 saturated carbocycles. The lowest BCUT2D eigenvalue weighted by Crippen LogP contribution is -2.20. The zero-order valence-corrected chi connectivity index (χ0v) is 7.84. The Bertz CT molecular complexity index is 294. The minimum Gasteiger partial charge on any atom is -0.364 e. The quantitative estimate of drug-likeness (QED) is 0.602. The summed E-state index contributed by atoms with van der Waals surface area (Å²) in [5.74, 6) is 0.0706. The molecule has 0 fully saturated rings. The Morgan fingerprint density at radius 3 is 2.42 bits per heavy atom. The third-order valence-corrected chi connectivity index (χ3v) is 1.68. The number of nitrogens with zero attached hydrogens (tertiary/aromatic N) is 1. The highest BCUT2D eigenvalue weighted by atomic mass is 16.5. The molecule has 0 saturated heterocycles. The minimum absolute atomic E-state index is 0.0706. The van der Waals surface area contributed by atoms with Crippen molar-refractivity contribution >= 4 is 5.78 Å². The van der Waals surface area contributed by atoms with E-state index in [0.29, 0.717) is 11.3 Å². The van der Waals surface area contributed by atoms with Gasteiger partial charge >= 0.3 is 0 Å². The van der Waals surface area contributed by atoms with E-state index < -0.39 is 0 Å². The molecule has 0 N–H and O–H groups in total. The fraction of sp³-hybridized carbons (Fsp3) is 0.556. The first kappa shape index (κ1) is 8.97. The molecule has 3 nitrogen and oxygen atoms in total.